The largest absolute Gasteiger partial charge is 0.366 e. The molecule has 0 aliphatic carbocycles. The van der Waals surface area contributed by atoms with Gasteiger partial charge in [0.15, 0.2) is 5.82 Å². The van der Waals surface area contributed by atoms with Crippen molar-refractivity contribution < 1.29 is 13.6 Å². The highest BCUT2D eigenvalue weighted by Gasteiger charge is 2.40. The van der Waals surface area contributed by atoms with Gasteiger partial charge < -0.3 is 4.90 Å². The molecule has 1 aromatic carbocycles. The molecule has 4 heterocycles. The molecule has 6 nitrogen and oxygen atoms in total. The second-order valence-corrected chi connectivity index (χ2v) is 7.10. The van der Waals surface area contributed by atoms with Gasteiger partial charge in [-0.2, -0.15) is 0 Å². The highest BCUT2D eigenvalue weighted by atomic mass is 19.1. The minimum Gasteiger partial charge on any atom is -0.366 e. The van der Waals surface area contributed by atoms with Crippen molar-refractivity contribution in [3.05, 3.63) is 66.4 Å². The molecule has 1 fully saturated rings. The molecule has 0 radical (unpaired) electrons. The summed E-state index contributed by atoms with van der Waals surface area (Å²) in [7, 11) is 0. The molecule has 1 saturated heterocycles. The minimum absolute atomic E-state index is 0.0294. The first-order valence-corrected chi connectivity index (χ1v) is 9.32. The van der Waals surface area contributed by atoms with E-state index in [-0.39, 0.29) is 23.7 Å². The lowest BCUT2D eigenvalue weighted by Crippen LogP contribution is -2.48. The molecule has 5 rings (SSSR count). The molecule has 8 heteroatoms. The molecular weight excluding hydrogens is 376 g/mol. The van der Waals surface area contributed by atoms with Crippen molar-refractivity contribution in [1.29, 1.82) is 0 Å². The quantitative estimate of drug-likeness (QED) is 0.714. The van der Waals surface area contributed by atoms with Crippen LogP contribution in [0.5, 0.6) is 0 Å². The molecule has 0 spiro atoms. The van der Waals surface area contributed by atoms with E-state index in [4.69, 9.17) is 4.98 Å². The van der Waals surface area contributed by atoms with Gasteiger partial charge in [-0.15, -0.1) is 0 Å². The Labute approximate surface area is 165 Å². The van der Waals surface area contributed by atoms with E-state index in [2.05, 4.69) is 15.2 Å². The number of benzene rings is 1. The Morgan fingerprint density at radius 3 is 2.79 bits per heavy atom. The lowest BCUT2D eigenvalue weighted by molar-refractivity contribution is 0.254. The monoisotopic (exact) mass is 393 g/mol. The average Bonchev–Trinajstić information content (AvgIpc) is 3.14. The number of nitrogens with zero attached hydrogens (tertiary/aromatic N) is 4. The summed E-state index contributed by atoms with van der Waals surface area (Å²) in [5.41, 5.74) is 2.09. The Kier molecular flexibility index (Phi) is 4.12. The smallest absolute Gasteiger partial charge is 0.329 e. The van der Waals surface area contributed by atoms with Crippen LogP contribution in [-0.4, -0.2) is 35.1 Å². The van der Waals surface area contributed by atoms with Gasteiger partial charge in [0.2, 0.25) is 0 Å². The fraction of sp³-hybridized carbons (Fsp3) is 0.190. The Morgan fingerprint density at radius 2 is 2.00 bits per heavy atom. The standard InChI is InChI=1S/C21H17F2N5O/c22-14-3-1-2-13(10-14)17-5-6-18-20(25-17)28(16-8-9-27(18)12-16)21(29)26-19-7-4-15(23)11-24-19/h1-7,10-11,16H,8-9,12H2,(H,24,26,29)/t16-/m0/s1. The number of nitrogens with one attached hydrogen (secondary N) is 1. The van der Waals surface area contributed by atoms with E-state index in [9.17, 15) is 13.6 Å². The van der Waals surface area contributed by atoms with Crippen LogP contribution in [0.3, 0.4) is 0 Å². The summed E-state index contributed by atoms with van der Waals surface area (Å²) in [5.74, 6) is -0.0261. The van der Waals surface area contributed by atoms with E-state index in [1.807, 2.05) is 12.1 Å². The molecule has 2 aromatic heterocycles. The van der Waals surface area contributed by atoms with E-state index in [1.54, 1.807) is 17.0 Å². The number of amides is 2. The predicted molar refractivity (Wildman–Crippen MR) is 106 cm³/mol. The summed E-state index contributed by atoms with van der Waals surface area (Å²) in [6.07, 6.45) is 1.87. The first-order valence-electron chi connectivity index (χ1n) is 9.32. The summed E-state index contributed by atoms with van der Waals surface area (Å²) >= 11 is 0. The van der Waals surface area contributed by atoms with Crippen LogP contribution in [0, 0.1) is 11.6 Å². The maximum absolute atomic E-state index is 13.7. The summed E-state index contributed by atoms with van der Waals surface area (Å²) in [6, 6.07) is 12.2. The summed E-state index contributed by atoms with van der Waals surface area (Å²) in [4.78, 5) is 25.5. The maximum Gasteiger partial charge on any atom is 0.329 e. The Morgan fingerprint density at radius 1 is 1.10 bits per heavy atom. The van der Waals surface area contributed by atoms with Crippen LogP contribution in [0.4, 0.5) is 30.9 Å². The molecule has 0 unspecified atom stereocenters. The van der Waals surface area contributed by atoms with Crippen molar-refractivity contribution >= 4 is 23.4 Å². The number of aromatic nitrogens is 2. The summed E-state index contributed by atoms with van der Waals surface area (Å²) in [5, 5.41) is 2.72. The predicted octanol–water partition coefficient (Wildman–Crippen LogP) is 4.05. The maximum atomic E-state index is 13.7. The first kappa shape index (κ1) is 17.5. The molecule has 2 amide bonds. The van der Waals surface area contributed by atoms with Crippen LogP contribution in [-0.2, 0) is 0 Å². The lowest BCUT2D eigenvalue weighted by atomic mass is 10.1. The molecule has 1 N–H and O–H groups in total. The fourth-order valence-corrected chi connectivity index (χ4v) is 3.90. The van der Waals surface area contributed by atoms with E-state index in [0.717, 1.165) is 31.4 Å². The third kappa shape index (κ3) is 3.16. The first-order chi connectivity index (χ1) is 14.1. The van der Waals surface area contributed by atoms with Crippen LogP contribution >= 0.6 is 0 Å². The van der Waals surface area contributed by atoms with E-state index >= 15 is 0 Å². The van der Waals surface area contributed by atoms with Crippen molar-refractivity contribution in [2.24, 2.45) is 0 Å². The van der Waals surface area contributed by atoms with Crippen molar-refractivity contribution in [3.8, 4) is 11.3 Å². The topological polar surface area (TPSA) is 61.4 Å². The van der Waals surface area contributed by atoms with E-state index in [0.29, 0.717) is 17.1 Å². The van der Waals surface area contributed by atoms with E-state index in [1.165, 1.54) is 24.3 Å². The van der Waals surface area contributed by atoms with E-state index < -0.39 is 5.82 Å². The van der Waals surface area contributed by atoms with Gasteiger partial charge in [-0.05, 0) is 42.8 Å². The number of pyridine rings is 2. The highest BCUT2D eigenvalue weighted by molar-refractivity contribution is 6.04. The molecule has 3 aromatic rings. The van der Waals surface area contributed by atoms with Gasteiger partial charge in [0.05, 0.1) is 23.6 Å². The zero-order chi connectivity index (χ0) is 20.0. The Bertz CT molecular complexity index is 1090. The molecule has 2 aliphatic rings. The third-order valence-corrected chi connectivity index (χ3v) is 5.25. The van der Waals surface area contributed by atoms with Gasteiger partial charge >= 0.3 is 6.03 Å². The van der Waals surface area contributed by atoms with Gasteiger partial charge in [-0.1, -0.05) is 12.1 Å². The number of fused-ring (bicyclic) bond motifs is 4. The normalized spacial score (nSPS) is 17.2. The zero-order valence-electron chi connectivity index (χ0n) is 15.3. The van der Waals surface area contributed by atoms with Gasteiger partial charge in [0.1, 0.15) is 17.5 Å². The Balaban J connectivity index is 1.52. The summed E-state index contributed by atoms with van der Waals surface area (Å²) in [6.45, 7) is 1.55. The molecule has 1 atom stereocenters. The van der Waals surface area contributed by atoms with Crippen LogP contribution in [0.25, 0.3) is 11.3 Å². The number of urea groups is 1. The van der Waals surface area contributed by atoms with Gasteiger partial charge in [0, 0.05) is 18.7 Å². The number of carbonyl (C=O) groups is 1. The van der Waals surface area contributed by atoms with Crippen molar-refractivity contribution in [2.75, 3.05) is 28.2 Å². The molecule has 2 aliphatic heterocycles. The highest BCUT2D eigenvalue weighted by Crippen LogP contribution is 2.40. The molecular formula is C21H17F2N5O. The number of rotatable bonds is 2. The zero-order valence-corrected chi connectivity index (χ0v) is 15.3. The number of hydrogen-bond donors (Lipinski definition) is 1. The average molecular weight is 393 g/mol. The molecule has 146 valence electrons. The Hall–Kier alpha value is -3.55. The number of halogens is 2. The van der Waals surface area contributed by atoms with Crippen LogP contribution in [0.1, 0.15) is 6.42 Å². The molecule has 2 bridgehead atoms. The van der Waals surface area contributed by atoms with Crippen LogP contribution in [0.15, 0.2) is 54.7 Å². The molecule has 29 heavy (non-hydrogen) atoms. The number of hydrogen-bond acceptors (Lipinski definition) is 4. The second kappa shape index (κ2) is 6.80. The fourth-order valence-electron chi connectivity index (χ4n) is 3.90. The SMILES string of the molecule is O=C(Nc1ccc(F)cn1)N1c2nc(-c3cccc(F)c3)ccc2N2CC[C@H]1C2. The molecule has 0 saturated carbocycles. The number of anilines is 3. The van der Waals surface area contributed by atoms with Crippen molar-refractivity contribution in [2.45, 2.75) is 12.5 Å². The van der Waals surface area contributed by atoms with Gasteiger partial charge in [-0.3, -0.25) is 10.2 Å². The third-order valence-electron chi connectivity index (χ3n) is 5.25. The second-order valence-electron chi connectivity index (χ2n) is 7.10. The number of carbonyl (C=O) groups excluding carboxylic acids is 1. The lowest BCUT2D eigenvalue weighted by Gasteiger charge is -2.35. The van der Waals surface area contributed by atoms with Crippen molar-refractivity contribution in [3.63, 3.8) is 0 Å². The van der Waals surface area contributed by atoms with Crippen molar-refractivity contribution in [1.82, 2.24) is 9.97 Å². The van der Waals surface area contributed by atoms with Gasteiger partial charge in [0.25, 0.3) is 0 Å². The van der Waals surface area contributed by atoms with Gasteiger partial charge in [-0.25, -0.2) is 23.5 Å². The summed E-state index contributed by atoms with van der Waals surface area (Å²) < 4.78 is 26.8. The minimum atomic E-state index is -0.473. The van der Waals surface area contributed by atoms with Crippen LogP contribution < -0.4 is 15.1 Å². The van der Waals surface area contributed by atoms with Crippen LogP contribution in [0.2, 0.25) is 0 Å².